The average molecular weight is 388 g/mol. The van der Waals surface area contributed by atoms with Crippen LogP contribution in [0.1, 0.15) is 43.4 Å². The molecule has 3 unspecified atom stereocenters. The summed E-state index contributed by atoms with van der Waals surface area (Å²) in [5, 5.41) is 5.88. The number of rotatable bonds is 5. The van der Waals surface area contributed by atoms with Crippen LogP contribution in [0.3, 0.4) is 0 Å². The highest BCUT2D eigenvalue weighted by Crippen LogP contribution is 2.49. The molecule has 3 atom stereocenters. The Kier molecular flexibility index (Phi) is 4.62. The monoisotopic (exact) mass is 388 g/mol. The maximum absolute atomic E-state index is 12.9. The molecule has 0 spiro atoms. The Morgan fingerprint density at radius 3 is 2.59 bits per heavy atom. The number of nitrogens with zero attached hydrogens (tertiary/aromatic N) is 3. The molecule has 2 fully saturated rings. The summed E-state index contributed by atoms with van der Waals surface area (Å²) in [5.41, 5.74) is 4.27. The molecule has 0 saturated heterocycles. The van der Waals surface area contributed by atoms with E-state index in [2.05, 4.69) is 15.5 Å². The molecular weight excluding hydrogens is 364 g/mol. The average Bonchev–Trinajstić information content (AvgIpc) is 3.35. The van der Waals surface area contributed by atoms with Gasteiger partial charge in [-0.1, -0.05) is 24.6 Å². The lowest BCUT2D eigenvalue weighted by Crippen LogP contribution is -2.37. The summed E-state index contributed by atoms with van der Waals surface area (Å²) in [4.78, 5) is 30.8. The van der Waals surface area contributed by atoms with E-state index >= 15 is 0 Å². The minimum Gasteiger partial charge on any atom is -0.273 e. The first-order valence-electron chi connectivity index (χ1n) is 10.4. The molecular formula is C23H24N4O2. The highest BCUT2D eigenvalue weighted by atomic mass is 16.2. The van der Waals surface area contributed by atoms with Crippen LogP contribution in [0, 0.1) is 17.8 Å². The van der Waals surface area contributed by atoms with Gasteiger partial charge in [-0.25, -0.2) is 5.43 Å². The van der Waals surface area contributed by atoms with Gasteiger partial charge in [-0.2, -0.15) is 5.10 Å². The predicted octanol–water partition coefficient (Wildman–Crippen LogP) is 3.28. The number of amides is 1. The van der Waals surface area contributed by atoms with E-state index in [1.807, 2.05) is 30.3 Å². The third-order valence-corrected chi connectivity index (χ3v) is 6.57. The maximum Gasteiger partial charge on any atom is 0.294 e. The fourth-order valence-corrected chi connectivity index (χ4v) is 5.18. The van der Waals surface area contributed by atoms with Crippen molar-refractivity contribution in [1.29, 1.82) is 0 Å². The predicted molar refractivity (Wildman–Crippen MR) is 111 cm³/mol. The van der Waals surface area contributed by atoms with Gasteiger partial charge < -0.3 is 0 Å². The quantitative estimate of drug-likeness (QED) is 0.728. The largest absolute Gasteiger partial charge is 0.294 e. The summed E-state index contributed by atoms with van der Waals surface area (Å²) in [7, 11) is 0. The number of nitrogens with one attached hydrogen (secondary N) is 1. The fraction of sp³-hybridized carbons (Fsp3) is 0.391. The molecule has 2 saturated carbocycles. The lowest BCUT2D eigenvalue weighted by Gasteiger charge is -2.21. The molecule has 0 radical (unpaired) electrons. The van der Waals surface area contributed by atoms with Crippen molar-refractivity contribution in [3.8, 4) is 0 Å². The molecule has 6 heteroatoms. The standard InChI is InChI=1S/C23H24N4O2/c28-22(14-18-12-16-5-6-17(18)11-16)26-27-23(29)20-4-2-1-3-19(20)21(25-27)13-15-7-9-24-10-8-15/h1-4,7-10,16-18H,5-6,11-14H2,(H,26,28). The highest BCUT2D eigenvalue weighted by molar-refractivity contribution is 5.86. The Balaban J connectivity index is 1.43. The Labute approximate surface area is 168 Å². The first-order valence-corrected chi connectivity index (χ1v) is 10.4. The van der Waals surface area contributed by atoms with E-state index in [1.54, 1.807) is 18.5 Å². The maximum atomic E-state index is 12.9. The summed E-state index contributed by atoms with van der Waals surface area (Å²) in [6, 6.07) is 11.3. The first kappa shape index (κ1) is 18.0. The second-order valence-electron chi connectivity index (χ2n) is 8.42. The third kappa shape index (κ3) is 3.55. The van der Waals surface area contributed by atoms with E-state index in [1.165, 1.54) is 19.3 Å². The second kappa shape index (κ2) is 7.43. The van der Waals surface area contributed by atoms with Gasteiger partial charge in [-0.05, 0) is 60.8 Å². The van der Waals surface area contributed by atoms with Crippen molar-refractivity contribution >= 4 is 16.7 Å². The van der Waals surface area contributed by atoms with E-state index in [4.69, 9.17) is 0 Å². The number of hydrogen-bond donors (Lipinski definition) is 1. The molecule has 2 heterocycles. The van der Waals surface area contributed by atoms with Crippen molar-refractivity contribution in [3.63, 3.8) is 0 Å². The summed E-state index contributed by atoms with van der Waals surface area (Å²) in [6.45, 7) is 0. The van der Waals surface area contributed by atoms with Gasteiger partial charge >= 0.3 is 0 Å². The van der Waals surface area contributed by atoms with Crippen LogP contribution in [-0.2, 0) is 11.2 Å². The summed E-state index contributed by atoms with van der Waals surface area (Å²) in [5.74, 6) is 1.80. The topological polar surface area (TPSA) is 76.9 Å². The summed E-state index contributed by atoms with van der Waals surface area (Å²) in [6.07, 6.45) is 9.48. The Bertz CT molecular complexity index is 1110. The molecule has 5 rings (SSSR count). The number of aromatic nitrogens is 3. The van der Waals surface area contributed by atoms with E-state index in [0.717, 1.165) is 33.8 Å². The van der Waals surface area contributed by atoms with Crippen LogP contribution < -0.4 is 11.0 Å². The molecule has 2 aliphatic rings. The number of benzene rings is 1. The van der Waals surface area contributed by atoms with Crippen molar-refractivity contribution in [3.05, 3.63) is 70.4 Å². The van der Waals surface area contributed by atoms with E-state index in [-0.39, 0.29) is 11.5 Å². The molecule has 2 bridgehead atoms. The van der Waals surface area contributed by atoms with Gasteiger partial charge in [0.25, 0.3) is 5.56 Å². The summed E-state index contributed by atoms with van der Waals surface area (Å²) < 4.78 is 0. The van der Waals surface area contributed by atoms with Crippen LogP contribution in [0.5, 0.6) is 0 Å². The minimum absolute atomic E-state index is 0.123. The number of fused-ring (bicyclic) bond motifs is 3. The van der Waals surface area contributed by atoms with Crippen LogP contribution in [0.25, 0.3) is 10.8 Å². The number of carbonyl (C=O) groups excluding carboxylic acids is 1. The zero-order valence-electron chi connectivity index (χ0n) is 16.3. The highest BCUT2D eigenvalue weighted by Gasteiger charge is 2.40. The Morgan fingerprint density at radius 2 is 1.86 bits per heavy atom. The molecule has 1 N–H and O–H groups in total. The SMILES string of the molecule is O=C(CC1CC2CCC1C2)Nn1nc(Cc2ccncc2)c2ccccc2c1=O. The fourth-order valence-electron chi connectivity index (χ4n) is 5.18. The molecule has 3 aromatic rings. The van der Waals surface area contributed by atoms with E-state index < -0.39 is 0 Å². The minimum atomic E-state index is -0.291. The van der Waals surface area contributed by atoms with Gasteiger partial charge in [0, 0.05) is 30.6 Å². The van der Waals surface area contributed by atoms with Crippen molar-refractivity contribution in [2.24, 2.45) is 17.8 Å². The van der Waals surface area contributed by atoms with Gasteiger partial charge in [-0.15, -0.1) is 4.79 Å². The molecule has 29 heavy (non-hydrogen) atoms. The lowest BCUT2D eigenvalue weighted by molar-refractivity contribution is -0.118. The van der Waals surface area contributed by atoms with Crippen LogP contribution in [-0.4, -0.2) is 20.8 Å². The van der Waals surface area contributed by atoms with Crippen molar-refractivity contribution in [1.82, 2.24) is 14.9 Å². The number of carbonyl (C=O) groups is 1. The zero-order chi connectivity index (χ0) is 19.8. The molecule has 2 aliphatic carbocycles. The van der Waals surface area contributed by atoms with E-state index in [9.17, 15) is 9.59 Å². The van der Waals surface area contributed by atoms with Crippen LogP contribution in [0.15, 0.2) is 53.6 Å². The molecule has 148 valence electrons. The van der Waals surface area contributed by atoms with Gasteiger partial charge in [-0.3, -0.25) is 14.6 Å². The van der Waals surface area contributed by atoms with Gasteiger partial charge in [0.15, 0.2) is 0 Å². The lowest BCUT2D eigenvalue weighted by atomic mass is 9.86. The molecule has 6 nitrogen and oxygen atoms in total. The zero-order valence-corrected chi connectivity index (χ0v) is 16.3. The Hall–Kier alpha value is -3.02. The summed E-state index contributed by atoms with van der Waals surface area (Å²) >= 11 is 0. The number of pyridine rings is 1. The molecule has 0 aliphatic heterocycles. The second-order valence-corrected chi connectivity index (χ2v) is 8.42. The number of hydrogen-bond acceptors (Lipinski definition) is 4. The van der Waals surface area contributed by atoms with Gasteiger partial charge in [0.2, 0.25) is 5.91 Å². The molecule has 1 amide bonds. The van der Waals surface area contributed by atoms with Crippen molar-refractivity contribution < 1.29 is 4.79 Å². The van der Waals surface area contributed by atoms with Crippen LogP contribution in [0.2, 0.25) is 0 Å². The van der Waals surface area contributed by atoms with Gasteiger partial charge in [0.1, 0.15) is 0 Å². The van der Waals surface area contributed by atoms with Crippen LogP contribution >= 0.6 is 0 Å². The smallest absolute Gasteiger partial charge is 0.273 e. The van der Waals surface area contributed by atoms with Crippen LogP contribution in [0.4, 0.5) is 0 Å². The van der Waals surface area contributed by atoms with Gasteiger partial charge in [0.05, 0.1) is 11.1 Å². The molecule has 1 aromatic carbocycles. The van der Waals surface area contributed by atoms with E-state index in [0.29, 0.717) is 30.1 Å². The Morgan fingerprint density at radius 1 is 1.07 bits per heavy atom. The van der Waals surface area contributed by atoms with Crippen molar-refractivity contribution in [2.45, 2.75) is 38.5 Å². The third-order valence-electron chi connectivity index (χ3n) is 6.57. The molecule has 2 aromatic heterocycles. The van der Waals surface area contributed by atoms with Crippen molar-refractivity contribution in [2.75, 3.05) is 5.43 Å². The normalized spacial score (nSPS) is 22.8. The first-order chi connectivity index (χ1) is 14.2.